The molecule has 0 atom stereocenters. The molecule has 0 unspecified atom stereocenters. The van der Waals surface area contributed by atoms with Gasteiger partial charge in [0.25, 0.3) is 6.71 Å². The highest BCUT2D eigenvalue weighted by Crippen LogP contribution is 2.52. The molecule has 0 amide bonds. The topological polar surface area (TPSA) is 19.6 Å². The second-order valence-electron chi connectivity index (χ2n) is 28.1. The lowest BCUT2D eigenvalue weighted by Gasteiger charge is -2.46. The summed E-state index contributed by atoms with van der Waals surface area (Å²) in [5.74, 6) is 0.895. The maximum atomic E-state index is 7.48. The summed E-state index contributed by atoms with van der Waals surface area (Å²) in [4.78, 5) is 5.11. The molecule has 5 heteroatoms. The molecule has 0 spiro atoms. The van der Waals surface area contributed by atoms with Crippen LogP contribution in [0.3, 0.4) is 0 Å². The Kier molecular flexibility index (Phi) is 12.2. The Balaban J connectivity index is 1.13. The Morgan fingerprint density at radius 2 is 0.840 bits per heavy atom. The largest absolute Gasteiger partial charge is 0.440 e. The maximum absolute atomic E-state index is 7.48. The number of nitrogens with zero attached hydrogens (tertiary/aromatic N) is 2. The van der Waals surface area contributed by atoms with Crippen molar-refractivity contribution < 1.29 is 4.42 Å². The molecule has 10 aromatic rings. The molecule has 1 aromatic heterocycles. The molecule has 3 heterocycles. The van der Waals surface area contributed by atoms with Crippen molar-refractivity contribution in [3.8, 4) is 11.1 Å². The summed E-state index contributed by atoms with van der Waals surface area (Å²) in [6, 6.07) is 79.6. The van der Waals surface area contributed by atoms with Crippen LogP contribution in [-0.2, 0) is 27.1 Å². The molecular formula is C76H77BN2OSi. The third-order valence-corrected chi connectivity index (χ3v) is 23.6. The van der Waals surface area contributed by atoms with Crippen molar-refractivity contribution in [1.82, 2.24) is 0 Å². The third-order valence-electron chi connectivity index (χ3n) is 18.8. The summed E-state index contributed by atoms with van der Waals surface area (Å²) in [6.07, 6.45) is 2.27. The average molecular weight is 1070 g/mol. The Morgan fingerprint density at radius 1 is 0.407 bits per heavy atom. The lowest BCUT2D eigenvalue weighted by Crippen LogP contribution is -2.74. The fourth-order valence-corrected chi connectivity index (χ4v) is 18.7. The van der Waals surface area contributed by atoms with Crippen molar-refractivity contribution in [2.24, 2.45) is 0 Å². The minimum Gasteiger partial charge on any atom is -0.440 e. The molecule has 0 radical (unpaired) electrons. The summed E-state index contributed by atoms with van der Waals surface area (Å²) in [5, 5.41) is 6.63. The SMILES string of the molecule is CC(C)(C)c1ccc(N2c3cc4c(cc3B3c5c2cc(-c2ccc([Si](c6ccccc6)(c6ccccc6)c6ccccc6)cc2)cc5N(c2ccc(C(C)(C)C)cc2)c2oc5ccc(C(C)(C)C)cc5c23)C(C)(C)CCC4(C)C)cc1. The lowest BCUT2D eigenvalue weighted by atomic mass is 9.33. The van der Waals surface area contributed by atoms with Gasteiger partial charge in [-0.05, 0) is 165 Å². The number of fused-ring (bicyclic) bond motifs is 7. The minimum absolute atomic E-state index is 0.000972. The van der Waals surface area contributed by atoms with Crippen LogP contribution in [-0.4, -0.2) is 14.8 Å². The second-order valence-corrected chi connectivity index (χ2v) is 31.9. The van der Waals surface area contributed by atoms with E-state index in [1.54, 1.807) is 0 Å². The van der Waals surface area contributed by atoms with E-state index >= 15 is 0 Å². The van der Waals surface area contributed by atoms with Gasteiger partial charge in [-0.25, -0.2) is 0 Å². The number of furan rings is 1. The van der Waals surface area contributed by atoms with Crippen LogP contribution in [0.1, 0.15) is 131 Å². The summed E-state index contributed by atoms with van der Waals surface area (Å²) >= 11 is 0. The van der Waals surface area contributed by atoms with Gasteiger partial charge in [0.15, 0.2) is 8.07 Å². The van der Waals surface area contributed by atoms with E-state index in [9.17, 15) is 0 Å². The standard InChI is InChI=1S/C76H77BN2OSi/c1-72(2,3)52-31-36-55(37-32-52)78-65-49-63-62(75(10,11)43-44-76(63,12)13)48-64(65)77-69-61-47-54(74(7,8)9)35-42-68(61)80-71(69)79(56-38-33-53(34-39-56)73(4,5)6)67-46-51(45-66(78)70(67)77)50-29-40-60(41-30-50)81(57-23-17-14-18-24-57,58-25-19-15-20-26-58)59-27-21-16-22-28-59/h14-42,45-49H,43-44H2,1-13H3. The molecular weight excluding hydrogens is 996 g/mol. The number of hydrogen-bond donors (Lipinski definition) is 0. The Labute approximate surface area is 483 Å². The highest BCUT2D eigenvalue weighted by Gasteiger charge is 2.49. The molecule has 0 bridgehead atoms. The monoisotopic (exact) mass is 1070 g/mol. The minimum atomic E-state index is -2.79. The van der Waals surface area contributed by atoms with Gasteiger partial charge in [0.2, 0.25) is 5.88 Å². The lowest BCUT2D eigenvalue weighted by molar-refractivity contribution is 0.332. The third kappa shape index (κ3) is 8.59. The van der Waals surface area contributed by atoms with Crippen molar-refractivity contribution in [3.05, 3.63) is 234 Å². The number of hydrogen-bond acceptors (Lipinski definition) is 3. The first-order chi connectivity index (χ1) is 38.5. The molecule has 9 aromatic carbocycles. The van der Waals surface area contributed by atoms with Gasteiger partial charge in [-0.2, -0.15) is 0 Å². The molecule has 81 heavy (non-hydrogen) atoms. The summed E-state index contributed by atoms with van der Waals surface area (Å²) in [7, 11) is -2.79. The van der Waals surface area contributed by atoms with Crippen LogP contribution < -0.4 is 46.9 Å². The molecule has 0 saturated carbocycles. The van der Waals surface area contributed by atoms with Crippen molar-refractivity contribution >= 4 is 97.2 Å². The Bertz CT molecular complexity index is 3930. The van der Waals surface area contributed by atoms with Crippen LogP contribution in [0.25, 0.3) is 22.1 Å². The first-order valence-electron chi connectivity index (χ1n) is 29.6. The van der Waals surface area contributed by atoms with E-state index in [0.717, 1.165) is 46.9 Å². The number of benzene rings is 9. The molecule has 1 aliphatic carbocycles. The van der Waals surface area contributed by atoms with Crippen LogP contribution in [0.15, 0.2) is 211 Å². The first-order valence-corrected chi connectivity index (χ1v) is 31.6. The number of anilines is 6. The fraction of sp³-hybridized carbons (Fsp3) is 0.263. The maximum Gasteiger partial charge on any atom is 0.257 e. The first kappa shape index (κ1) is 52.8. The van der Waals surface area contributed by atoms with Crippen molar-refractivity contribution in [3.63, 3.8) is 0 Å². The molecule has 0 fully saturated rings. The van der Waals surface area contributed by atoms with Crippen LogP contribution in [0, 0.1) is 0 Å². The van der Waals surface area contributed by atoms with Crippen LogP contribution >= 0.6 is 0 Å². The average Bonchev–Trinajstić information content (AvgIpc) is 2.97. The van der Waals surface area contributed by atoms with Gasteiger partial charge >= 0.3 is 0 Å². The van der Waals surface area contributed by atoms with Gasteiger partial charge in [-0.15, -0.1) is 0 Å². The Morgan fingerprint density at radius 3 is 1.32 bits per heavy atom. The van der Waals surface area contributed by atoms with Crippen molar-refractivity contribution in [2.45, 2.75) is 130 Å². The van der Waals surface area contributed by atoms with Crippen LogP contribution in [0.4, 0.5) is 34.3 Å². The zero-order valence-corrected chi connectivity index (χ0v) is 50.9. The van der Waals surface area contributed by atoms with Crippen LogP contribution in [0.5, 0.6) is 0 Å². The summed E-state index contributed by atoms with van der Waals surface area (Å²) < 4.78 is 7.48. The van der Waals surface area contributed by atoms with Crippen LogP contribution in [0.2, 0.25) is 0 Å². The Hall–Kier alpha value is -7.60. The quantitative estimate of drug-likeness (QED) is 0.117. The van der Waals surface area contributed by atoms with Gasteiger partial charge in [0, 0.05) is 39.3 Å². The van der Waals surface area contributed by atoms with Gasteiger partial charge in [0.05, 0.1) is 0 Å². The smallest absolute Gasteiger partial charge is 0.257 e. The molecule has 404 valence electrons. The summed E-state index contributed by atoms with van der Waals surface area (Å²) in [5.41, 5.74) is 19.7. The second kappa shape index (κ2) is 18.7. The predicted octanol–water partition coefficient (Wildman–Crippen LogP) is 15.8. The van der Waals surface area contributed by atoms with Gasteiger partial charge in [-0.1, -0.05) is 242 Å². The van der Waals surface area contributed by atoms with Crippen molar-refractivity contribution in [1.29, 1.82) is 0 Å². The van der Waals surface area contributed by atoms with E-state index in [2.05, 4.69) is 306 Å². The predicted molar refractivity (Wildman–Crippen MR) is 351 cm³/mol. The molecule has 0 N–H and O–H groups in total. The molecule has 3 nitrogen and oxygen atoms in total. The van der Waals surface area contributed by atoms with E-state index in [0.29, 0.717) is 0 Å². The number of rotatable bonds is 7. The van der Waals surface area contributed by atoms with Gasteiger partial charge in [-0.3, -0.25) is 4.90 Å². The normalized spacial score (nSPS) is 15.5. The molecule has 0 saturated heterocycles. The zero-order valence-electron chi connectivity index (χ0n) is 49.9. The van der Waals surface area contributed by atoms with E-state index in [1.165, 1.54) is 87.3 Å². The molecule has 13 rings (SSSR count). The fourth-order valence-electron chi connectivity index (χ4n) is 13.9. The molecule has 2 aliphatic heterocycles. The summed E-state index contributed by atoms with van der Waals surface area (Å²) in [6.45, 7) is 30.6. The van der Waals surface area contributed by atoms with Crippen molar-refractivity contribution in [2.75, 3.05) is 9.80 Å². The van der Waals surface area contributed by atoms with E-state index in [-0.39, 0.29) is 33.8 Å². The zero-order chi connectivity index (χ0) is 56.6. The molecule has 3 aliphatic rings. The highest BCUT2D eigenvalue weighted by atomic mass is 28.3. The van der Waals surface area contributed by atoms with E-state index in [1.807, 2.05) is 0 Å². The van der Waals surface area contributed by atoms with E-state index in [4.69, 9.17) is 4.42 Å². The highest BCUT2D eigenvalue weighted by molar-refractivity contribution is 7.19. The van der Waals surface area contributed by atoms with E-state index < -0.39 is 8.07 Å². The van der Waals surface area contributed by atoms with Gasteiger partial charge in [0.1, 0.15) is 5.58 Å². The van der Waals surface area contributed by atoms with Gasteiger partial charge < -0.3 is 9.32 Å².